The molecule has 31 heavy (non-hydrogen) atoms. The molecule has 0 bridgehead atoms. The topological polar surface area (TPSA) is 94.2 Å². The monoisotopic (exact) mass is 431 g/mol. The van der Waals surface area contributed by atoms with Crippen molar-refractivity contribution in [2.75, 3.05) is 13.2 Å². The van der Waals surface area contributed by atoms with E-state index in [9.17, 15) is 13.6 Å². The number of hydrogen-bond donors (Lipinski definition) is 0. The first-order chi connectivity index (χ1) is 14.7. The molecule has 164 valence electrons. The van der Waals surface area contributed by atoms with Gasteiger partial charge in [-0.05, 0) is 32.9 Å². The minimum absolute atomic E-state index is 0.0370. The Bertz CT molecular complexity index is 1030. The summed E-state index contributed by atoms with van der Waals surface area (Å²) >= 11 is 0. The highest BCUT2D eigenvalue weighted by molar-refractivity contribution is 6.00. The van der Waals surface area contributed by atoms with E-state index in [1.807, 2.05) is 13.8 Å². The van der Waals surface area contributed by atoms with Gasteiger partial charge in [0.2, 0.25) is 0 Å². The Morgan fingerprint density at radius 1 is 1.26 bits per heavy atom. The van der Waals surface area contributed by atoms with E-state index in [0.29, 0.717) is 23.5 Å². The molecule has 3 rings (SSSR count). The molecule has 0 aliphatic rings. The number of halogens is 2. The first-order valence-electron chi connectivity index (χ1n) is 9.74. The molecule has 1 aromatic carbocycles. The first-order valence-corrected chi connectivity index (χ1v) is 9.74. The number of nitrogens with zero attached hydrogens (tertiary/aromatic N) is 5. The third-order valence-electron chi connectivity index (χ3n) is 4.64. The van der Waals surface area contributed by atoms with Gasteiger partial charge in [0.15, 0.2) is 5.82 Å². The maximum absolute atomic E-state index is 13.3. The quantitative estimate of drug-likeness (QED) is 0.534. The summed E-state index contributed by atoms with van der Waals surface area (Å²) in [5, 5.41) is 3.79. The summed E-state index contributed by atoms with van der Waals surface area (Å²) in [6, 6.07) is 6.60. The first kappa shape index (κ1) is 22.3. The lowest BCUT2D eigenvalue weighted by atomic mass is 10.1. The van der Waals surface area contributed by atoms with Crippen molar-refractivity contribution in [1.29, 1.82) is 0 Å². The zero-order valence-corrected chi connectivity index (χ0v) is 17.7. The van der Waals surface area contributed by atoms with Crippen molar-refractivity contribution < 1.29 is 22.8 Å². The summed E-state index contributed by atoms with van der Waals surface area (Å²) in [5.74, 6) is -2.52. The van der Waals surface area contributed by atoms with Crippen molar-refractivity contribution in [3.63, 3.8) is 0 Å². The van der Waals surface area contributed by atoms with Gasteiger partial charge in [-0.2, -0.15) is 4.98 Å². The summed E-state index contributed by atoms with van der Waals surface area (Å²) in [4.78, 5) is 26.7. The van der Waals surface area contributed by atoms with Crippen LogP contribution in [-0.2, 0) is 5.92 Å². The molecule has 2 aromatic heterocycles. The molecule has 0 aliphatic carbocycles. The largest absolute Gasteiger partial charge is 0.461 e. The molecular weight excluding hydrogens is 408 g/mol. The molecule has 0 saturated carbocycles. The Morgan fingerprint density at radius 3 is 2.52 bits per heavy atom. The summed E-state index contributed by atoms with van der Waals surface area (Å²) in [7, 11) is 0. The van der Waals surface area contributed by atoms with Gasteiger partial charge in [-0.3, -0.25) is 4.79 Å². The highest BCUT2D eigenvalue weighted by Gasteiger charge is 2.26. The lowest BCUT2D eigenvalue weighted by molar-refractivity contribution is 0.0165. The van der Waals surface area contributed by atoms with Crippen LogP contribution in [-0.4, -0.2) is 50.1 Å². The van der Waals surface area contributed by atoms with Crippen molar-refractivity contribution in [1.82, 2.24) is 25.0 Å². The van der Waals surface area contributed by atoms with Crippen LogP contribution in [0.1, 0.15) is 42.5 Å². The zero-order chi connectivity index (χ0) is 22.6. The van der Waals surface area contributed by atoms with Crippen molar-refractivity contribution in [2.24, 2.45) is 0 Å². The molecule has 2 heterocycles. The number of aryl methyl sites for hydroxylation is 1. The van der Waals surface area contributed by atoms with Gasteiger partial charge >= 0.3 is 6.01 Å². The lowest BCUT2D eigenvalue weighted by Crippen LogP contribution is -2.42. The number of alkyl halides is 2. The van der Waals surface area contributed by atoms with Gasteiger partial charge in [0.1, 0.15) is 6.61 Å². The number of carbonyl (C=O) groups excluding carboxylic acids is 1. The minimum atomic E-state index is -3.03. The molecule has 8 nitrogen and oxygen atoms in total. The van der Waals surface area contributed by atoms with Gasteiger partial charge in [-0.25, -0.2) is 18.7 Å². The van der Waals surface area contributed by atoms with Crippen LogP contribution in [0.15, 0.2) is 41.2 Å². The van der Waals surface area contributed by atoms with Gasteiger partial charge in [0.25, 0.3) is 17.7 Å². The second-order valence-corrected chi connectivity index (χ2v) is 7.09. The van der Waals surface area contributed by atoms with Crippen LogP contribution in [0.2, 0.25) is 0 Å². The molecule has 0 spiro atoms. The van der Waals surface area contributed by atoms with Crippen molar-refractivity contribution in [2.45, 2.75) is 39.7 Å². The number of hydrogen-bond acceptors (Lipinski definition) is 7. The fourth-order valence-corrected chi connectivity index (χ4v) is 2.98. The molecule has 0 saturated heterocycles. The second-order valence-electron chi connectivity index (χ2n) is 7.09. The van der Waals surface area contributed by atoms with Crippen LogP contribution in [0.3, 0.4) is 0 Å². The van der Waals surface area contributed by atoms with Crippen molar-refractivity contribution in [3.05, 3.63) is 53.6 Å². The van der Waals surface area contributed by atoms with Crippen LogP contribution in [0.25, 0.3) is 11.5 Å². The Labute approximate surface area is 178 Å². The highest BCUT2D eigenvalue weighted by Crippen LogP contribution is 2.26. The molecule has 0 aliphatic heterocycles. The van der Waals surface area contributed by atoms with Crippen molar-refractivity contribution in [3.8, 4) is 17.5 Å². The van der Waals surface area contributed by atoms with Gasteiger partial charge in [-0.1, -0.05) is 17.3 Å². The predicted molar refractivity (Wildman–Crippen MR) is 108 cm³/mol. The lowest BCUT2D eigenvalue weighted by Gasteiger charge is -2.28. The normalized spacial score (nSPS) is 12.5. The summed E-state index contributed by atoms with van der Waals surface area (Å²) < 4.78 is 37.3. The predicted octanol–water partition coefficient (Wildman–Crippen LogP) is 3.88. The fourth-order valence-electron chi connectivity index (χ4n) is 2.98. The van der Waals surface area contributed by atoms with Crippen LogP contribution in [0.5, 0.6) is 6.01 Å². The number of ether oxygens (including phenoxy) is 1. The molecule has 0 N–H and O–H groups in total. The van der Waals surface area contributed by atoms with E-state index in [-0.39, 0.29) is 36.0 Å². The maximum Gasteiger partial charge on any atom is 0.316 e. The molecular formula is C21H23F2N5O3. The SMILES string of the molecule is CCN(C(=O)c1ccccc1-c1nc(C)no1)[C@@H](C)COc1ncc(C(C)(F)F)cn1. The maximum atomic E-state index is 13.3. The van der Waals surface area contributed by atoms with Crippen LogP contribution < -0.4 is 4.74 Å². The van der Waals surface area contributed by atoms with Gasteiger partial charge in [0.05, 0.1) is 22.7 Å². The Hall–Kier alpha value is -3.43. The van der Waals surface area contributed by atoms with E-state index in [2.05, 4.69) is 20.1 Å². The van der Waals surface area contributed by atoms with Gasteiger partial charge in [-0.15, -0.1) is 0 Å². The average Bonchev–Trinajstić information content (AvgIpc) is 3.18. The van der Waals surface area contributed by atoms with Crippen LogP contribution in [0.4, 0.5) is 8.78 Å². The Balaban J connectivity index is 1.72. The van der Waals surface area contributed by atoms with E-state index in [4.69, 9.17) is 9.26 Å². The van der Waals surface area contributed by atoms with E-state index in [0.717, 1.165) is 19.3 Å². The van der Waals surface area contributed by atoms with Crippen molar-refractivity contribution >= 4 is 5.91 Å². The molecule has 3 aromatic rings. The fraction of sp³-hybridized carbons (Fsp3) is 0.381. The molecule has 0 unspecified atom stereocenters. The number of amides is 1. The standard InChI is InChI=1S/C21H23F2N5O3/c1-5-28(13(2)12-30-20-24-10-15(11-25-20)21(4,22)23)19(29)17-9-7-6-8-16(17)18-26-14(3)27-31-18/h6-11,13H,5,12H2,1-4H3/t13-/m0/s1. The number of aromatic nitrogens is 4. The zero-order valence-electron chi connectivity index (χ0n) is 17.7. The summed E-state index contributed by atoms with van der Waals surface area (Å²) in [6.07, 6.45) is 2.05. The molecule has 0 fully saturated rings. The van der Waals surface area contributed by atoms with Crippen LogP contribution >= 0.6 is 0 Å². The molecule has 0 radical (unpaired) electrons. The highest BCUT2D eigenvalue weighted by atomic mass is 19.3. The van der Waals surface area contributed by atoms with Gasteiger partial charge < -0.3 is 14.2 Å². The number of carbonyl (C=O) groups is 1. The molecule has 1 amide bonds. The van der Waals surface area contributed by atoms with E-state index in [1.165, 1.54) is 0 Å². The minimum Gasteiger partial charge on any atom is -0.461 e. The Morgan fingerprint density at radius 2 is 1.94 bits per heavy atom. The molecule has 1 atom stereocenters. The summed E-state index contributed by atoms with van der Waals surface area (Å²) in [5.41, 5.74) is 0.663. The number of likely N-dealkylation sites (N-methyl/N-ethyl adjacent to an activating group) is 1. The Kier molecular flexibility index (Phi) is 6.57. The third-order valence-corrected chi connectivity index (χ3v) is 4.64. The van der Waals surface area contributed by atoms with Crippen LogP contribution in [0, 0.1) is 6.92 Å². The number of benzene rings is 1. The third kappa shape index (κ3) is 5.19. The molecule has 10 heteroatoms. The smallest absolute Gasteiger partial charge is 0.316 e. The van der Waals surface area contributed by atoms with E-state index < -0.39 is 5.92 Å². The summed E-state index contributed by atoms with van der Waals surface area (Å²) in [6.45, 7) is 6.64. The van der Waals surface area contributed by atoms with E-state index in [1.54, 1.807) is 36.1 Å². The average molecular weight is 431 g/mol. The van der Waals surface area contributed by atoms with E-state index >= 15 is 0 Å². The number of rotatable bonds is 8. The second kappa shape index (κ2) is 9.15. The van der Waals surface area contributed by atoms with Gasteiger partial charge in [0, 0.05) is 25.9 Å².